The van der Waals surface area contributed by atoms with Gasteiger partial charge in [0.15, 0.2) is 0 Å². The Hall–Kier alpha value is -2.35. The Balaban J connectivity index is 1.52. The number of hydrogen-bond donors (Lipinski definition) is 1. The van der Waals surface area contributed by atoms with Crippen molar-refractivity contribution in [3.05, 3.63) is 47.4 Å². The third kappa shape index (κ3) is 5.58. The molecule has 3 rings (SSSR count). The first-order valence-electron chi connectivity index (χ1n) is 9.38. The summed E-state index contributed by atoms with van der Waals surface area (Å²) in [6.45, 7) is 7.69. The highest BCUT2D eigenvalue weighted by Crippen LogP contribution is 2.25. The van der Waals surface area contributed by atoms with Crippen LogP contribution in [0.3, 0.4) is 0 Å². The molecule has 0 aliphatic carbocycles. The fourth-order valence-electron chi connectivity index (χ4n) is 3.54. The second kappa shape index (κ2) is 8.34. The largest absolute Gasteiger partial charge is 0.573 e. The van der Waals surface area contributed by atoms with Gasteiger partial charge in [-0.3, -0.25) is 0 Å². The third-order valence-corrected chi connectivity index (χ3v) is 4.87. The summed E-state index contributed by atoms with van der Waals surface area (Å²) in [6.07, 6.45) is -2.72. The number of nitrogens with one attached hydrogen (secondary N) is 1. The number of alkyl halides is 3. The Bertz CT molecular complexity index is 767. The van der Waals surface area contributed by atoms with Crippen LogP contribution < -0.4 is 15.0 Å². The summed E-state index contributed by atoms with van der Waals surface area (Å²) in [5.74, 6) is 1.55. The molecule has 5 nitrogen and oxygen atoms in total. The summed E-state index contributed by atoms with van der Waals surface area (Å²) in [5.41, 5.74) is 1.90. The number of aryl methyl sites for hydroxylation is 2. The van der Waals surface area contributed by atoms with Crippen molar-refractivity contribution >= 4 is 5.82 Å². The minimum absolute atomic E-state index is 0.0417. The fourth-order valence-corrected chi connectivity index (χ4v) is 3.54. The van der Waals surface area contributed by atoms with E-state index >= 15 is 0 Å². The van der Waals surface area contributed by atoms with Gasteiger partial charge in [0.1, 0.15) is 17.4 Å². The zero-order valence-electron chi connectivity index (χ0n) is 16.3. The van der Waals surface area contributed by atoms with E-state index in [2.05, 4.69) is 24.9 Å². The molecule has 2 heterocycles. The predicted molar refractivity (Wildman–Crippen MR) is 101 cm³/mol. The number of rotatable bonds is 5. The average molecular weight is 394 g/mol. The van der Waals surface area contributed by atoms with Crippen LogP contribution in [0.5, 0.6) is 5.75 Å². The molecule has 1 atom stereocenters. The Morgan fingerprint density at radius 1 is 1.11 bits per heavy atom. The number of benzene rings is 1. The number of nitrogens with zero attached hydrogens (tertiary/aromatic N) is 3. The highest BCUT2D eigenvalue weighted by atomic mass is 19.4. The van der Waals surface area contributed by atoms with E-state index in [0.29, 0.717) is 6.04 Å². The molecule has 0 spiro atoms. The fraction of sp³-hybridized carbons (Fsp3) is 0.500. The lowest BCUT2D eigenvalue weighted by atomic mass is 10.0. The summed E-state index contributed by atoms with van der Waals surface area (Å²) in [4.78, 5) is 11.1. The molecule has 1 aromatic heterocycles. The van der Waals surface area contributed by atoms with Crippen molar-refractivity contribution in [3.8, 4) is 5.75 Å². The topological polar surface area (TPSA) is 50.3 Å². The van der Waals surface area contributed by atoms with Crippen molar-refractivity contribution in [1.29, 1.82) is 0 Å². The van der Waals surface area contributed by atoms with Crippen LogP contribution in [0.4, 0.5) is 19.0 Å². The molecule has 28 heavy (non-hydrogen) atoms. The van der Waals surface area contributed by atoms with Crippen molar-refractivity contribution in [3.63, 3.8) is 0 Å². The van der Waals surface area contributed by atoms with Crippen LogP contribution in [0, 0.1) is 13.8 Å². The number of piperidine rings is 1. The zero-order chi connectivity index (χ0) is 20.3. The van der Waals surface area contributed by atoms with E-state index in [1.54, 1.807) is 12.1 Å². The zero-order valence-corrected chi connectivity index (χ0v) is 16.3. The Morgan fingerprint density at radius 2 is 1.75 bits per heavy atom. The number of halogens is 3. The molecule has 2 aromatic rings. The Kier molecular flexibility index (Phi) is 6.07. The second-order valence-electron chi connectivity index (χ2n) is 7.18. The number of anilines is 1. The molecular weight excluding hydrogens is 369 g/mol. The predicted octanol–water partition coefficient (Wildman–Crippen LogP) is 4.31. The molecule has 0 radical (unpaired) electrons. The quantitative estimate of drug-likeness (QED) is 0.819. The monoisotopic (exact) mass is 394 g/mol. The van der Waals surface area contributed by atoms with Crippen LogP contribution in [-0.4, -0.2) is 35.5 Å². The van der Waals surface area contributed by atoms with Gasteiger partial charge < -0.3 is 15.0 Å². The maximum atomic E-state index is 12.3. The van der Waals surface area contributed by atoms with Gasteiger partial charge in [0.2, 0.25) is 0 Å². The van der Waals surface area contributed by atoms with Gasteiger partial charge in [0.25, 0.3) is 0 Å². The molecule has 0 bridgehead atoms. The average Bonchev–Trinajstić information content (AvgIpc) is 2.60. The second-order valence-corrected chi connectivity index (χ2v) is 7.18. The summed E-state index contributed by atoms with van der Waals surface area (Å²) >= 11 is 0. The number of hydrogen-bond acceptors (Lipinski definition) is 5. The van der Waals surface area contributed by atoms with E-state index in [1.165, 1.54) is 12.1 Å². The van der Waals surface area contributed by atoms with E-state index in [9.17, 15) is 13.2 Å². The first-order valence-corrected chi connectivity index (χ1v) is 9.38. The molecular formula is C20H25F3N4O. The Labute approximate surface area is 162 Å². The molecule has 1 saturated heterocycles. The lowest BCUT2D eigenvalue weighted by Gasteiger charge is -2.35. The van der Waals surface area contributed by atoms with Gasteiger partial charge in [-0.15, -0.1) is 13.2 Å². The number of ether oxygens (including phenoxy) is 1. The summed E-state index contributed by atoms with van der Waals surface area (Å²) in [7, 11) is 0. The van der Waals surface area contributed by atoms with Gasteiger partial charge in [-0.25, -0.2) is 9.97 Å². The van der Waals surface area contributed by atoms with Crippen molar-refractivity contribution in [1.82, 2.24) is 15.3 Å². The van der Waals surface area contributed by atoms with Gasteiger partial charge in [0.05, 0.1) is 0 Å². The van der Waals surface area contributed by atoms with Crippen LogP contribution in [0.2, 0.25) is 0 Å². The standard InChI is InChI=1S/C20H25F3N4O/c1-13-12-19(26-15(3)24-13)27-10-8-17(9-11-27)25-14(2)16-4-6-18(7-5-16)28-20(21,22)23/h4-7,12,14,17,25H,8-11H2,1-3H3. The highest BCUT2D eigenvalue weighted by Gasteiger charge is 2.31. The molecule has 0 amide bonds. The smallest absolute Gasteiger partial charge is 0.406 e. The maximum absolute atomic E-state index is 12.3. The molecule has 1 aliphatic rings. The first kappa shape index (κ1) is 20.4. The van der Waals surface area contributed by atoms with Crippen molar-refractivity contribution in [2.24, 2.45) is 0 Å². The molecule has 0 saturated carbocycles. The lowest BCUT2D eigenvalue weighted by molar-refractivity contribution is -0.274. The normalized spacial score (nSPS) is 16.9. The van der Waals surface area contributed by atoms with E-state index < -0.39 is 6.36 Å². The van der Waals surface area contributed by atoms with Crippen LogP contribution in [0.15, 0.2) is 30.3 Å². The van der Waals surface area contributed by atoms with E-state index in [1.807, 2.05) is 26.8 Å². The van der Waals surface area contributed by atoms with E-state index in [-0.39, 0.29) is 11.8 Å². The number of aromatic nitrogens is 2. The van der Waals surface area contributed by atoms with Crippen molar-refractivity contribution < 1.29 is 17.9 Å². The van der Waals surface area contributed by atoms with Gasteiger partial charge >= 0.3 is 6.36 Å². The van der Waals surface area contributed by atoms with E-state index in [0.717, 1.165) is 48.8 Å². The van der Waals surface area contributed by atoms with Gasteiger partial charge in [-0.1, -0.05) is 12.1 Å². The lowest BCUT2D eigenvalue weighted by Crippen LogP contribution is -2.43. The molecule has 1 N–H and O–H groups in total. The van der Waals surface area contributed by atoms with Gasteiger partial charge in [0, 0.05) is 36.9 Å². The van der Waals surface area contributed by atoms with Crippen LogP contribution >= 0.6 is 0 Å². The van der Waals surface area contributed by atoms with Gasteiger partial charge in [-0.05, 0) is 51.3 Å². The SMILES string of the molecule is Cc1cc(N2CCC(NC(C)c3ccc(OC(F)(F)F)cc3)CC2)nc(C)n1. The Morgan fingerprint density at radius 3 is 2.32 bits per heavy atom. The minimum Gasteiger partial charge on any atom is -0.406 e. The van der Waals surface area contributed by atoms with Crippen LogP contribution in [0.1, 0.15) is 42.9 Å². The molecule has 152 valence electrons. The molecule has 8 heteroatoms. The summed E-state index contributed by atoms with van der Waals surface area (Å²) < 4.78 is 40.7. The first-order chi connectivity index (χ1) is 13.2. The molecule has 1 aliphatic heterocycles. The summed E-state index contributed by atoms with van der Waals surface area (Å²) in [6, 6.07) is 8.43. The van der Waals surface area contributed by atoms with Crippen LogP contribution in [0.25, 0.3) is 0 Å². The minimum atomic E-state index is -4.67. The van der Waals surface area contributed by atoms with Crippen molar-refractivity contribution in [2.45, 2.75) is 52.1 Å². The third-order valence-electron chi connectivity index (χ3n) is 4.87. The maximum Gasteiger partial charge on any atom is 0.573 e. The molecule has 1 aromatic carbocycles. The molecule has 1 fully saturated rings. The highest BCUT2D eigenvalue weighted by molar-refractivity contribution is 5.40. The molecule has 1 unspecified atom stereocenters. The summed E-state index contributed by atoms with van der Waals surface area (Å²) in [5, 5.41) is 3.58. The van der Waals surface area contributed by atoms with Gasteiger partial charge in [-0.2, -0.15) is 0 Å². The van der Waals surface area contributed by atoms with Crippen LogP contribution in [-0.2, 0) is 0 Å². The van der Waals surface area contributed by atoms with Crippen molar-refractivity contribution in [2.75, 3.05) is 18.0 Å². The van der Waals surface area contributed by atoms with E-state index in [4.69, 9.17) is 0 Å².